The molecule has 28 heavy (non-hydrogen) atoms. The molecule has 152 valence electrons. The minimum absolute atomic E-state index is 0.0555. The highest BCUT2D eigenvalue weighted by Crippen LogP contribution is 2.31. The van der Waals surface area contributed by atoms with Gasteiger partial charge in [0.15, 0.2) is 6.10 Å². The van der Waals surface area contributed by atoms with Crippen LogP contribution in [0.4, 0.5) is 11.4 Å². The lowest BCUT2D eigenvalue weighted by molar-refractivity contribution is -0.384. The fourth-order valence-corrected chi connectivity index (χ4v) is 3.44. The predicted octanol–water partition coefficient (Wildman–Crippen LogP) is 3.41. The fourth-order valence-electron chi connectivity index (χ4n) is 3.44. The molecule has 8 nitrogen and oxygen atoms in total. The highest BCUT2D eigenvalue weighted by Gasteiger charge is 2.27. The summed E-state index contributed by atoms with van der Waals surface area (Å²) in [5.41, 5.74) is 0.276. The number of carbonyl (C=O) groups excluding carboxylic acids is 2. The highest BCUT2D eigenvalue weighted by molar-refractivity contribution is 5.93. The molecule has 2 aliphatic rings. The van der Waals surface area contributed by atoms with E-state index in [1.807, 2.05) is 0 Å². The summed E-state index contributed by atoms with van der Waals surface area (Å²) < 4.78 is 5.21. The van der Waals surface area contributed by atoms with E-state index in [0.29, 0.717) is 18.2 Å². The Hall–Kier alpha value is -2.64. The summed E-state index contributed by atoms with van der Waals surface area (Å²) in [4.78, 5) is 35.3. The standard InChI is InChI=1S/C20H27N3O5/c1-13(19(24)21-12-14-5-3-2-4-6-14)28-20(25)15-7-10-17(22-16-8-9-16)18(11-15)23(26)27/h7,10-11,13-14,16,22H,2-6,8-9,12H2,1H3,(H,21,24)/t13-/m1/s1. The molecule has 2 N–H and O–H groups in total. The summed E-state index contributed by atoms with van der Waals surface area (Å²) in [6, 6.07) is 4.44. The second-order valence-corrected chi connectivity index (χ2v) is 7.70. The number of nitro benzene ring substituents is 1. The molecule has 3 rings (SSSR count). The first kappa shape index (κ1) is 20.1. The van der Waals surface area contributed by atoms with Crippen LogP contribution < -0.4 is 10.6 Å². The largest absolute Gasteiger partial charge is 0.449 e. The molecule has 2 aliphatic carbocycles. The van der Waals surface area contributed by atoms with Crippen molar-refractivity contribution in [2.75, 3.05) is 11.9 Å². The van der Waals surface area contributed by atoms with Crippen molar-refractivity contribution in [1.29, 1.82) is 0 Å². The molecule has 2 saturated carbocycles. The van der Waals surface area contributed by atoms with Crippen LogP contribution in [0.15, 0.2) is 18.2 Å². The number of nitrogens with one attached hydrogen (secondary N) is 2. The Balaban J connectivity index is 1.55. The number of amides is 1. The molecule has 0 spiro atoms. The molecule has 0 heterocycles. The third-order valence-electron chi connectivity index (χ3n) is 5.31. The minimum atomic E-state index is -0.959. The van der Waals surface area contributed by atoms with E-state index in [2.05, 4.69) is 10.6 Å². The molecule has 8 heteroatoms. The zero-order chi connectivity index (χ0) is 20.1. The quantitative estimate of drug-likeness (QED) is 0.400. The van der Waals surface area contributed by atoms with Gasteiger partial charge in [-0.15, -0.1) is 0 Å². The Labute approximate surface area is 164 Å². The first-order valence-electron chi connectivity index (χ1n) is 9.97. The van der Waals surface area contributed by atoms with E-state index < -0.39 is 17.0 Å². The molecule has 1 atom stereocenters. The van der Waals surface area contributed by atoms with Crippen LogP contribution in [0.5, 0.6) is 0 Å². The Kier molecular flexibility index (Phi) is 6.49. The van der Waals surface area contributed by atoms with E-state index in [1.165, 1.54) is 44.4 Å². The van der Waals surface area contributed by atoms with E-state index in [4.69, 9.17) is 4.74 Å². The number of carbonyl (C=O) groups is 2. The second-order valence-electron chi connectivity index (χ2n) is 7.70. The first-order chi connectivity index (χ1) is 13.4. The number of esters is 1. The summed E-state index contributed by atoms with van der Waals surface area (Å²) in [6.07, 6.45) is 6.85. The highest BCUT2D eigenvalue weighted by atomic mass is 16.6. The van der Waals surface area contributed by atoms with Crippen LogP contribution in [-0.2, 0) is 9.53 Å². The van der Waals surface area contributed by atoms with Gasteiger partial charge < -0.3 is 15.4 Å². The lowest BCUT2D eigenvalue weighted by atomic mass is 9.89. The molecule has 1 aromatic carbocycles. The van der Waals surface area contributed by atoms with E-state index in [9.17, 15) is 19.7 Å². The van der Waals surface area contributed by atoms with Gasteiger partial charge in [-0.3, -0.25) is 14.9 Å². The third kappa shape index (κ3) is 5.43. The number of anilines is 1. The molecule has 0 aromatic heterocycles. The van der Waals surface area contributed by atoms with Gasteiger partial charge in [0.2, 0.25) is 0 Å². The van der Waals surface area contributed by atoms with Crippen LogP contribution in [0.1, 0.15) is 62.2 Å². The van der Waals surface area contributed by atoms with Gasteiger partial charge in [0.05, 0.1) is 10.5 Å². The number of hydrogen-bond acceptors (Lipinski definition) is 6. The van der Waals surface area contributed by atoms with Crippen LogP contribution in [0.3, 0.4) is 0 Å². The van der Waals surface area contributed by atoms with E-state index in [-0.39, 0.29) is 23.2 Å². The van der Waals surface area contributed by atoms with Gasteiger partial charge in [0.25, 0.3) is 11.6 Å². The second kappa shape index (κ2) is 9.03. The molecule has 2 fully saturated rings. The number of nitro groups is 1. The van der Waals surface area contributed by atoms with Crippen molar-refractivity contribution < 1.29 is 19.2 Å². The Morgan fingerprint density at radius 2 is 1.93 bits per heavy atom. The zero-order valence-corrected chi connectivity index (χ0v) is 16.1. The number of ether oxygens (including phenoxy) is 1. The molecule has 0 saturated heterocycles. The lowest BCUT2D eigenvalue weighted by Gasteiger charge is -2.22. The summed E-state index contributed by atoms with van der Waals surface area (Å²) in [7, 11) is 0. The van der Waals surface area contributed by atoms with Crippen molar-refractivity contribution >= 4 is 23.3 Å². The maximum absolute atomic E-state index is 12.3. The van der Waals surface area contributed by atoms with Crippen LogP contribution >= 0.6 is 0 Å². The van der Waals surface area contributed by atoms with Crippen molar-refractivity contribution in [2.45, 2.75) is 64.0 Å². The minimum Gasteiger partial charge on any atom is -0.449 e. The van der Waals surface area contributed by atoms with Gasteiger partial charge in [0, 0.05) is 18.7 Å². The Morgan fingerprint density at radius 1 is 1.21 bits per heavy atom. The molecule has 0 bridgehead atoms. The summed E-state index contributed by atoms with van der Waals surface area (Å²) >= 11 is 0. The fraction of sp³-hybridized carbons (Fsp3) is 0.600. The molecule has 0 radical (unpaired) electrons. The molecule has 0 unspecified atom stereocenters. The van der Waals surface area contributed by atoms with Gasteiger partial charge in [-0.25, -0.2) is 4.79 Å². The first-order valence-corrected chi connectivity index (χ1v) is 9.97. The molecule has 1 aromatic rings. The topological polar surface area (TPSA) is 111 Å². The van der Waals surface area contributed by atoms with Crippen molar-refractivity contribution in [3.63, 3.8) is 0 Å². The van der Waals surface area contributed by atoms with Crippen LogP contribution in [0.2, 0.25) is 0 Å². The molecule has 0 aliphatic heterocycles. The maximum atomic E-state index is 12.3. The number of rotatable bonds is 8. The lowest BCUT2D eigenvalue weighted by Crippen LogP contribution is -2.38. The normalized spacial score (nSPS) is 18.2. The smallest absolute Gasteiger partial charge is 0.339 e. The van der Waals surface area contributed by atoms with Crippen molar-refractivity contribution in [3.05, 3.63) is 33.9 Å². The van der Waals surface area contributed by atoms with Gasteiger partial charge >= 0.3 is 5.97 Å². The predicted molar refractivity (Wildman–Crippen MR) is 104 cm³/mol. The average Bonchev–Trinajstić information content (AvgIpc) is 3.51. The van der Waals surface area contributed by atoms with Gasteiger partial charge in [-0.1, -0.05) is 19.3 Å². The average molecular weight is 389 g/mol. The summed E-state index contributed by atoms with van der Waals surface area (Å²) in [5.74, 6) is -0.614. The van der Waals surface area contributed by atoms with Crippen molar-refractivity contribution in [1.82, 2.24) is 5.32 Å². The zero-order valence-electron chi connectivity index (χ0n) is 16.1. The van der Waals surface area contributed by atoms with E-state index in [0.717, 1.165) is 25.7 Å². The van der Waals surface area contributed by atoms with E-state index in [1.54, 1.807) is 0 Å². The Morgan fingerprint density at radius 3 is 2.57 bits per heavy atom. The van der Waals surface area contributed by atoms with Crippen LogP contribution in [0, 0.1) is 16.0 Å². The number of benzene rings is 1. The third-order valence-corrected chi connectivity index (χ3v) is 5.31. The SMILES string of the molecule is C[C@@H](OC(=O)c1ccc(NC2CC2)c([N+](=O)[O-])c1)C(=O)NCC1CCCCC1. The summed E-state index contributed by atoms with van der Waals surface area (Å²) in [5, 5.41) is 17.2. The maximum Gasteiger partial charge on any atom is 0.339 e. The van der Waals surface area contributed by atoms with Crippen LogP contribution in [-0.4, -0.2) is 35.5 Å². The Bertz CT molecular complexity index is 741. The number of hydrogen-bond donors (Lipinski definition) is 2. The van der Waals surface area contributed by atoms with Crippen LogP contribution in [0.25, 0.3) is 0 Å². The number of nitrogens with zero attached hydrogens (tertiary/aromatic N) is 1. The van der Waals surface area contributed by atoms with Crippen molar-refractivity contribution in [3.8, 4) is 0 Å². The molecule has 1 amide bonds. The van der Waals surface area contributed by atoms with Gasteiger partial charge in [-0.05, 0) is 50.7 Å². The molecular weight excluding hydrogens is 362 g/mol. The molecular formula is C20H27N3O5. The van der Waals surface area contributed by atoms with Gasteiger partial charge in [-0.2, -0.15) is 0 Å². The van der Waals surface area contributed by atoms with Crippen molar-refractivity contribution in [2.24, 2.45) is 5.92 Å². The summed E-state index contributed by atoms with van der Waals surface area (Å²) in [6.45, 7) is 2.10. The van der Waals surface area contributed by atoms with Gasteiger partial charge in [0.1, 0.15) is 5.69 Å². The van der Waals surface area contributed by atoms with E-state index >= 15 is 0 Å². The monoisotopic (exact) mass is 389 g/mol.